The Bertz CT molecular complexity index is 457. The fraction of sp³-hybridized carbons (Fsp3) is 0.556. The summed E-state index contributed by atoms with van der Waals surface area (Å²) in [6, 6.07) is 0. The highest BCUT2D eigenvalue weighted by atomic mass is 31.2. The van der Waals surface area contributed by atoms with Crippen LogP contribution in [0.25, 0.3) is 0 Å². The van der Waals surface area contributed by atoms with E-state index in [2.05, 4.69) is 6.58 Å². The van der Waals surface area contributed by atoms with E-state index in [-0.39, 0.29) is 11.6 Å². The van der Waals surface area contributed by atoms with E-state index < -0.39 is 26.8 Å². The maximum Gasteiger partial charge on any atom is 0.371 e. The van der Waals surface area contributed by atoms with Crippen LogP contribution >= 0.6 is 15.2 Å². The molecule has 9 nitrogen and oxygen atoms in total. The van der Waals surface area contributed by atoms with E-state index in [0.717, 1.165) is 11.1 Å². The van der Waals surface area contributed by atoms with Gasteiger partial charge < -0.3 is 35.3 Å². The van der Waals surface area contributed by atoms with Crippen LogP contribution in [0.15, 0.2) is 24.7 Å². The first-order valence-electron chi connectivity index (χ1n) is 5.45. The normalized spacial score (nSPS) is 14.5. The number of hydrogen-bond acceptors (Lipinski definition) is 5. The molecule has 0 amide bonds. The van der Waals surface area contributed by atoms with Gasteiger partial charge in [-0.25, -0.2) is 0 Å². The van der Waals surface area contributed by atoms with E-state index in [0.29, 0.717) is 0 Å². The summed E-state index contributed by atoms with van der Waals surface area (Å²) in [5.41, 5.74) is 5.91. The number of allylic oxidation sites excluding steroid dienone is 1. The average molecular weight is 330 g/mol. The van der Waals surface area contributed by atoms with Crippen LogP contribution in [0.2, 0.25) is 0 Å². The Labute approximate surface area is 116 Å². The summed E-state index contributed by atoms with van der Waals surface area (Å²) in [5.74, 6) is -0.115. The summed E-state index contributed by atoms with van der Waals surface area (Å²) in [7, 11) is -11.0. The molecular weight excluding hydrogens is 310 g/mol. The lowest BCUT2D eigenvalue weighted by molar-refractivity contribution is 0.113. The number of nitrogens with two attached hydrogens (primary N) is 1. The lowest BCUT2D eigenvalue weighted by Crippen LogP contribution is -2.39. The molecule has 118 valence electrons. The second kappa shape index (κ2) is 6.41. The van der Waals surface area contributed by atoms with Crippen molar-refractivity contribution in [3.8, 4) is 0 Å². The minimum absolute atomic E-state index is 0.115. The Morgan fingerprint density at radius 1 is 1.30 bits per heavy atom. The summed E-state index contributed by atoms with van der Waals surface area (Å²) >= 11 is 0. The summed E-state index contributed by atoms with van der Waals surface area (Å²) < 4.78 is 22.4. The first kappa shape index (κ1) is 19.3. The van der Waals surface area contributed by atoms with Gasteiger partial charge in [0.05, 0.1) is 6.54 Å². The van der Waals surface area contributed by atoms with Gasteiger partial charge in [0.2, 0.25) is 0 Å². The molecule has 0 saturated heterocycles. The van der Waals surface area contributed by atoms with Crippen molar-refractivity contribution in [3.63, 3.8) is 0 Å². The fourth-order valence-electron chi connectivity index (χ4n) is 1.10. The molecule has 0 spiro atoms. The van der Waals surface area contributed by atoms with E-state index in [9.17, 15) is 14.2 Å². The lowest BCUT2D eigenvalue weighted by Gasteiger charge is -2.32. The summed E-state index contributed by atoms with van der Waals surface area (Å²) in [5, 5.41) is 6.21. The molecular formula is C9H20N2O7P2. The smallest absolute Gasteiger partial charge is 0.371 e. The third-order valence-electron chi connectivity index (χ3n) is 2.54. The van der Waals surface area contributed by atoms with Crippen molar-refractivity contribution in [2.75, 3.05) is 6.54 Å². The molecule has 0 unspecified atom stereocenters. The molecule has 0 rings (SSSR count). The Morgan fingerprint density at radius 2 is 1.70 bits per heavy atom. The SMILES string of the molecule is C=CN(/C=C(\N)C(C)C)CC(O)(P(=O)(O)O)P(=O)(O)O. The van der Waals surface area contributed by atoms with Crippen molar-refractivity contribution in [2.24, 2.45) is 11.7 Å². The molecule has 0 heterocycles. The molecule has 7 N–H and O–H groups in total. The van der Waals surface area contributed by atoms with Crippen molar-refractivity contribution in [2.45, 2.75) is 18.9 Å². The number of rotatable bonds is 7. The fourth-order valence-corrected chi connectivity index (χ4v) is 3.15. The van der Waals surface area contributed by atoms with Gasteiger partial charge in [0.25, 0.3) is 5.08 Å². The molecule has 11 heteroatoms. The summed E-state index contributed by atoms with van der Waals surface area (Å²) in [6.07, 6.45) is 2.22. The Balaban J connectivity index is 5.60. The lowest BCUT2D eigenvalue weighted by atomic mass is 10.1. The van der Waals surface area contributed by atoms with Gasteiger partial charge in [0, 0.05) is 11.9 Å². The van der Waals surface area contributed by atoms with Gasteiger partial charge in [-0.3, -0.25) is 9.13 Å². The van der Waals surface area contributed by atoms with Gasteiger partial charge in [-0.2, -0.15) is 0 Å². The van der Waals surface area contributed by atoms with Crippen LogP contribution in [0.3, 0.4) is 0 Å². The summed E-state index contributed by atoms with van der Waals surface area (Å²) in [4.78, 5) is 37.0. The van der Waals surface area contributed by atoms with Gasteiger partial charge in [0.1, 0.15) is 0 Å². The van der Waals surface area contributed by atoms with E-state index in [4.69, 9.17) is 25.3 Å². The first-order chi connectivity index (χ1) is 8.76. The first-order valence-corrected chi connectivity index (χ1v) is 8.68. The zero-order chi connectivity index (χ0) is 16.4. The van der Waals surface area contributed by atoms with Crippen LogP contribution < -0.4 is 5.73 Å². The second-order valence-electron chi connectivity index (χ2n) is 4.50. The van der Waals surface area contributed by atoms with Crippen molar-refractivity contribution >= 4 is 15.2 Å². The Hall–Kier alpha value is -0.660. The van der Waals surface area contributed by atoms with E-state index >= 15 is 0 Å². The van der Waals surface area contributed by atoms with Crippen molar-refractivity contribution in [3.05, 3.63) is 24.7 Å². The molecule has 0 fully saturated rings. The van der Waals surface area contributed by atoms with E-state index in [1.54, 1.807) is 13.8 Å². The number of hydrogen-bond donors (Lipinski definition) is 6. The topological polar surface area (TPSA) is 165 Å². The molecule has 0 aliphatic carbocycles. The molecule has 0 aliphatic heterocycles. The van der Waals surface area contributed by atoms with Crippen molar-refractivity contribution in [1.82, 2.24) is 4.90 Å². The zero-order valence-corrected chi connectivity index (χ0v) is 12.9. The van der Waals surface area contributed by atoms with Crippen LogP contribution in [-0.4, -0.2) is 41.2 Å². The summed E-state index contributed by atoms with van der Waals surface area (Å²) in [6.45, 7) is 5.76. The Morgan fingerprint density at radius 3 is 1.95 bits per heavy atom. The predicted octanol–water partition coefficient (Wildman–Crippen LogP) is -0.111. The van der Waals surface area contributed by atoms with E-state index in [1.165, 1.54) is 6.20 Å². The predicted molar refractivity (Wildman–Crippen MR) is 73.0 cm³/mol. The number of aliphatic hydroxyl groups is 1. The molecule has 0 bridgehead atoms. The molecule has 0 saturated carbocycles. The highest BCUT2D eigenvalue weighted by Gasteiger charge is 2.60. The molecule has 0 aromatic heterocycles. The maximum absolute atomic E-state index is 11.2. The van der Waals surface area contributed by atoms with Gasteiger partial charge >= 0.3 is 15.2 Å². The van der Waals surface area contributed by atoms with Crippen LogP contribution in [0.4, 0.5) is 0 Å². The van der Waals surface area contributed by atoms with Gasteiger partial charge in [-0.15, -0.1) is 0 Å². The largest absolute Gasteiger partial charge is 0.401 e. The van der Waals surface area contributed by atoms with E-state index in [1.807, 2.05) is 0 Å². The highest BCUT2D eigenvalue weighted by Crippen LogP contribution is 2.67. The number of nitrogens with zero attached hydrogens (tertiary/aromatic N) is 1. The average Bonchev–Trinajstić information content (AvgIpc) is 2.24. The minimum atomic E-state index is -5.51. The molecule has 20 heavy (non-hydrogen) atoms. The third-order valence-corrected chi connectivity index (χ3v) is 6.26. The third kappa shape index (κ3) is 4.43. The molecule has 0 aromatic carbocycles. The molecule has 0 aromatic rings. The van der Waals surface area contributed by atoms with Crippen LogP contribution in [0, 0.1) is 5.92 Å². The monoisotopic (exact) mass is 330 g/mol. The maximum atomic E-state index is 11.2. The minimum Gasteiger partial charge on any atom is -0.401 e. The van der Waals surface area contributed by atoms with Gasteiger partial charge in [0.15, 0.2) is 0 Å². The molecule has 0 radical (unpaired) electrons. The van der Waals surface area contributed by atoms with Crippen LogP contribution in [0.1, 0.15) is 13.8 Å². The second-order valence-corrected chi connectivity index (χ2v) is 8.51. The zero-order valence-electron chi connectivity index (χ0n) is 11.1. The van der Waals surface area contributed by atoms with Crippen LogP contribution in [0.5, 0.6) is 0 Å². The van der Waals surface area contributed by atoms with Gasteiger partial charge in [-0.1, -0.05) is 20.4 Å². The van der Waals surface area contributed by atoms with Gasteiger partial charge in [-0.05, 0) is 12.1 Å². The quantitative estimate of drug-likeness (QED) is 0.349. The van der Waals surface area contributed by atoms with Crippen molar-refractivity contribution in [1.29, 1.82) is 0 Å². The molecule has 0 atom stereocenters. The van der Waals surface area contributed by atoms with Crippen molar-refractivity contribution < 1.29 is 33.8 Å². The highest BCUT2D eigenvalue weighted by molar-refractivity contribution is 7.72. The van der Waals surface area contributed by atoms with Crippen LogP contribution in [-0.2, 0) is 9.13 Å². The standard InChI is InChI=1S/C9H20N2O7P2/c1-4-11(5-8(10)7(2)3)6-9(12,19(13,14)15)20(16,17)18/h4-5,7,12H,1,6,10H2,2-3H3,(H2,13,14,15)(H2,16,17,18)/b8-5-. The molecule has 0 aliphatic rings. The Kier molecular flexibility index (Phi) is 6.19.